The Morgan fingerprint density at radius 1 is 1.35 bits per heavy atom. The van der Waals surface area contributed by atoms with Gasteiger partial charge in [-0.15, -0.1) is 11.6 Å². The molecule has 0 spiro atoms. The summed E-state index contributed by atoms with van der Waals surface area (Å²) in [7, 11) is 1.76. The molecule has 2 unspecified atom stereocenters. The molecule has 0 radical (unpaired) electrons. The van der Waals surface area contributed by atoms with E-state index in [1.807, 2.05) is 0 Å². The van der Waals surface area contributed by atoms with Crippen LogP contribution in [0.5, 0.6) is 0 Å². The number of amides is 3. The number of alkyl halides is 1. The average molecular weight is 261 g/mol. The van der Waals surface area contributed by atoms with Gasteiger partial charge in [0, 0.05) is 25.4 Å². The highest BCUT2D eigenvalue weighted by molar-refractivity contribution is 6.19. The Labute approximate surface area is 108 Å². The standard InChI is InChI=1S/C12H21ClN2O2/c1-9-5-3-4-6-10(9)15(2)12(17)14-11(16)7-8-13/h9-10H,3-8H2,1-2H3,(H,14,16,17). The van der Waals surface area contributed by atoms with Crippen LogP contribution in [0.4, 0.5) is 4.79 Å². The first-order valence-corrected chi connectivity index (χ1v) is 6.72. The monoisotopic (exact) mass is 260 g/mol. The Hall–Kier alpha value is -0.770. The zero-order valence-electron chi connectivity index (χ0n) is 10.5. The SMILES string of the molecule is CC1CCCCC1N(C)C(=O)NC(=O)CCCl. The van der Waals surface area contributed by atoms with E-state index in [-0.39, 0.29) is 30.3 Å². The van der Waals surface area contributed by atoms with Crippen LogP contribution in [0.15, 0.2) is 0 Å². The third kappa shape index (κ3) is 4.19. The molecule has 3 amide bonds. The lowest BCUT2D eigenvalue weighted by atomic mass is 9.85. The van der Waals surface area contributed by atoms with E-state index in [0.29, 0.717) is 5.92 Å². The van der Waals surface area contributed by atoms with Gasteiger partial charge in [-0.2, -0.15) is 0 Å². The van der Waals surface area contributed by atoms with Gasteiger partial charge in [0.15, 0.2) is 0 Å². The van der Waals surface area contributed by atoms with E-state index >= 15 is 0 Å². The number of halogens is 1. The minimum atomic E-state index is -0.307. The Bertz CT molecular complexity index is 284. The first-order valence-electron chi connectivity index (χ1n) is 6.19. The van der Waals surface area contributed by atoms with Gasteiger partial charge in [0.1, 0.15) is 0 Å². The molecule has 4 nitrogen and oxygen atoms in total. The molecule has 1 saturated carbocycles. The number of imide groups is 1. The molecule has 5 heteroatoms. The molecule has 2 atom stereocenters. The third-order valence-electron chi connectivity index (χ3n) is 3.45. The number of rotatable bonds is 3. The van der Waals surface area contributed by atoms with Gasteiger partial charge in [-0.3, -0.25) is 10.1 Å². The van der Waals surface area contributed by atoms with Crippen LogP contribution in [0, 0.1) is 5.92 Å². The van der Waals surface area contributed by atoms with Gasteiger partial charge in [0.05, 0.1) is 0 Å². The van der Waals surface area contributed by atoms with Crippen LogP contribution in [0.3, 0.4) is 0 Å². The topological polar surface area (TPSA) is 49.4 Å². The van der Waals surface area contributed by atoms with Gasteiger partial charge in [-0.25, -0.2) is 4.79 Å². The predicted molar refractivity (Wildman–Crippen MR) is 68.1 cm³/mol. The summed E-state index contributed by atoms with van der Waals surface area (Å²) < 4.78 is 0. The van der Waals surface area contributed by atoms with Gasteiger partial charge in [0.2, 0.25) is 5.91 Å². The maximum atomic E-state index is 11.8. The molecule has 17 heavy (non-hydrogen) atoms. The number of hydrogen-bond donors (Lipinski definition) is 1. The van der Waals surface area contributed by atoms with E-state index in [1.54, 1.807) is 11.9 Å². The van der Waals surface area contributed by atoms with E-state index in [9.17, 15) is 9.59 Å². The van der Waals surface area contributed by atoms with Crippen LogP contribution >= 0.6 is 11.6 Å². The van der Waals surface area contributed by atoms with Gasteiger partial charge >= 0.3 is 6.03 Å². The summed E-state index contributed by atoms with van der Waals surface area (Å²) >= 11 is 5.45. The maximum absolute atomic E-state index is 11.8. The summed E-state index contributed by atoms with van der Waals surface area (Å²) in [6.45, 7) is 2.16. The predicted octanol–water partition coefficient (Wildman–Crippen LogP) is 2.36. The highest BCUT2D eigenvalue weighted by Crippen LogP contribution is 2.27. The van der Waals surface area contributed by atoms with E-state index in [4.69, 9.17) is 11.6 Å². The normalized spacial score (nSPS) is 24.2. The second-order valence-electron chi connectivity index (χ2n) is 4.73. The number of carbonyl (C=O) groups is 2. The summed E-state index contributed by atoms with van der Waals surface area (Å²) in [6.07, 6.45) is 4.74. The van der Waals surface area contributed by atoms with Crippen molar-refractivity contribution in [2.45, 2.75) is 45.1 Å². The highest BCUT2D eigenvalue weighted by Gasteiger charge is 2.28. The van der Waals surface area contributed by atoms with Crippen molar-refractivity contribution in [3.8, 4) is 0 Å². The fourth-order valence-electron chi connectivity index (χ4n) is 2.38. The Morgan fingerprint density at radius 2 is 2.00 bits per heavy atom. The lowest BCUT2D eigenvalue weighted by Gasteiger charge is -2.36. The molecule has 0 heterocycles. The summed E-state index contributed by atoms with van der Waals surface area (Å²) in [6, 6.07) is -0.0635. The number of urea groups is 1. The van der Waals surface area contributed by atoms with Crippen molar-refractivity contribution in [2.24, 2.45) is 5.92 Å². The van der Waals surface area contributed by atoms with Crippen LogP contribution in [-0.2, 0) is 4.79 Å². The fourth-order valence-corrected chi connectivity index (χ4v) is 2.55. The Kier molecular flexibility index (Phi) is 5.75. The van der Waals surface area contributed by atoms with Crippen LogP contribution in [0.1, 0.15) is 39.0 Å². The van der Waals surface area contributed by atoms with Crippen molar-refractivity contribution in [2.75, 3.05) is 12.9 Å². The summed E-state index contributed by atoms with van der Waals surface area (Å²) in [5.74, 6) is 0.436. The van der Waals surface area contributed by atoms with Crippen LogP contribution in [0.2, 0.25) is 0 Å². The van der Waals surface area contributed by atoms with Crippen molar-refractivity contribution in [3.05, 3.63) is 0 Å². The molecule has 1 aliphatic carbocycles. The van der Waals surface area contributed by atoms with E-state index < -0.39 is 0 Å². The van der Waals surface area contributed by atoms with E-state index in [1.165, 1.54) is 6.42 Å². The van der Waals surface area contributed by atoms with Gasteiger partial charge < -0.3 is 4.90 Å². The first kappa shape index (κ1) is 14.3. The van der Waals surface area contributed by atoms with Crippen LogP contribution < -0.4 is 5.32 Å². The van der Waals surface area contributed by atoms with Gasteiger partial charge in [0.25, 0.3) is 0 Å². The number of carbonyl (C=O) groups excluding carboxylic acids is 2. The van der Waals surface area contributed by atoms with E-state index in [2.05, 4.69) is 12.2 Å². The third-order valence-corrected chi connectivity index (χ3v) is 3.64. The summed E-state index contributed by atoms with van der Waals surface area (Å²) in [4.78, 5) is 24.8. The van der Waals surface area contributed by atoms with Crippen molar-refractivity contribution >= 4 is 23.5 Å². The molecule has 0 saturated heterocycles. The molecule has 0 aromatic rings. The molecule has 0 aromatic heterocycles. The molecular formula is C12H21ClN2O2. The minimum Gasteiger partial charge on any atom is -0.324 e. The van der Waals surface area contributed by atoms with Crippen LogP contribution in [-0.4, -0.2) is 35.8 Å². The smallest absolute Gasteiger partial charge is 0.324 e. The minimum absolute atomic E-state index is 0.182. The summed E-state index contributed by atoms with van der Waals surface area (Å²) in [5, 5.41) is 2.36. The molecule has 0 aliphatic heterocycles. The van der Waals surface area contributed by atoms with Gasteiger partial charge in [-0.05, 0) is 18.8 Å². The zero-order valence-corrected chi connectivity index (χ0v) is 11.3. The van der Waals surface area contributed by atoms with Crippen LogP contribution in [0.25, 0.3) is 0 Å². The van der Waals surface area contributed by atoms with Crippen molar-refractivity contribution < 1.29 is 9.59 Å². The molecule has 0 bridgehead atoms. The quantitative estimate of drug-likeness (QED) is 0.792. The molecule has 98 valence electrons. The molecule has 1 fully saturated rings. The molecular weight excluding hydrogens is 240 g/mol. The molecule has 0 aromatic carbocycles. The number of nitrogens with zero attached hydrogens (tertiary/aromatic N) is 1. The van der Waals surface area contributed by atoms with Crippen molar-refractivity contribution in [1.82, 2.24) is 10.2 Å². The summed E-state index contributed by atoms with van der Waals surface area (Å²) in [5.41, 5.74) is 0. The largest absolute Gasteiger partial charge is 0.324 e. The van der Waals surface area contributed by atoms with E-state index in [0.717, 1.165) is 19.3 Å². The number of nitrogens with one attached hydrogen (secondary N) is 1. The zero-order chi connectivity index (χ0) is 12.8. The molecule has 1 rings (SSSR count). The molecule has 1 N–H and O–H groups in total. The lowest BCUT2D eigenvalue weighted by molar-refractivity contribution is -0.119. The number of hydrogen-bond acceptors (Lipinski definition) is 2. The first-order chi connectivity index (χ1) is 8.06. The van der Waals surface area contributed by atoms with Crippen molar-refractivity contribution in [1.29, 1.82) is 0 Å². The second-order valence-corrected chi connectivity index (χ2v) is 5.11. The highest BCUT2D eigenvalue weighted by atomic mass is 35.5. The lowest BCUT2D eigenvalue weighted by Crippen LogP contribution is -2.48. The molecule has 1 aliphatic rings. The average Bonchev–Trinajstić information content (AvgIpc) is 2.29. The van der Waals surface area contributed by atoms with Gasteiger partial charge in [-0.1, -0.05) is 19.8 Å². The van der Waals surface area contributed by atoms with Crippen molar-refractivity contribution in [3.63, 3.8) is 0 Å². The second kappa shape index (κ2) is 6.84. The maximum Gasteiger partial charge on any atom is 0.324 e. The fraction of sp³-hybridized carbons (Fsp3) is 0.833. The Morgan fingerprint density at radius 3 is 2.59 bits per heavy atom. The Balaban J connectivity index is 2.47.